The lowest BCUT2D eigenvalue weighted by Gasteiger charge is -2.42. The van der Waals surface area contributed by atoms with Crippen LogP contribution in [0.1, 0.15) is 26.2 Å². The van der Waals surface area contributed by atoms with E-state index in [9.17, 15) is 32.2 Å². The Morgan fingerprint density at radius 3 is 2.67 bits per heavy atom. The molecule has 0 bridgehead atoms. The van der Waals surface area contributed by atoms with E-state index in [0.29, 0.717) is 18.6 Å². The van der Waals surface area contributed by atoms with Gasteiger partial charge in [-0.2, -0.15) is 4.31 Å². The Labute approximate surface area is 138 Å². The van der Waals surface area contributed by atoms with Gasteiger partial charge in [-0.05, 0) is 31.0 Å². The number of nitrogens with zero attached hydrogens (tertiary/aromatic N) is 1. The largest absolute Gasteiger partial charge is 0.481 e. The minimum atomic E-state index is -4.42. The molecule has 6 nitrogen and oxygen atoms in total. The Kier molecular flexibility index (Phi) is 5.26. The molecule has 1 aromatic carbocycles. The number of carboxylic acids is 1. The summed E-state index contributed by atoms with van der Waals surface area (Å²) < 4.78 is 53.2. The first-order valence-corrected chi connectivity index (χ1v) is 8.96. The van der Waals surface area contributed by atoms with E-state index in [1.165, 1.54) is 0 Å². The minimum Gasteiger partial charge on any atom is -0.481 e. The summed E-state index contributed by atoms with van der Waals surface area (Å²) >= 11 is 0. The Balaban J connectivity index is 2.44. The minimum absolute atomic E-state index is 0.0706. The molecular weight excluding hydrogens is 344 g/mol. The second-order valence-corrected chi connectivity index (χ2v) is 7.84. The predicted octanol–water partition coefficient (Wildman–Crippen LogP) is 1.59. The van der Waals surface area contributed by atoms with Crippen LogP contribution in [0.2, 0.25) is 0 Å². The number of sulfonamides is 1. The average Bonchev–Trinajstić information content (AvgIpc) is 2.51. The lowest BCUT2D eigenvalue weighted by Crippen LogP contribution is -2.57. The first-order valence-electron chi connectivity index (χ1n) is 7.52. The zero-order valence-corrected chi connectivity index (χ0v) is 13.9. The summed E-state index contributed by atoms with van der Waals surface area (Å²) in [6.45, 7) is 1.06. The lowest BCUT2D eigenvalue weighted by molar-refractivity contribution is -0.161. The number of carbonyl (C=O) groups is 1. The molecule has 0 aliphatic carbocycles. The number of aliphatic carboxylic acids is 1. The normalized spacial score (nSPS) is 25.6. The summed E-state index contributed by atoms with van der Waals surface area (Å²) in [5.74, 6) is -3.33. The number of hydrogen-bond donors (Lipinski definition) is 2. The maximum absolute atomic E-state index is 13.9. The number of rotatable bonds is 5. The van der Waals surface area contributed by atoms with E-state index in [4.69, 9.17) is 0 Å². The highest BCUT2D eigenvalue weighted by Crippen LogP contribution is 2.37. The number of aliphatic hydroxyl groups is 1. The van der Waals surface area contributed by atoms with Crippen LogP contribution in [-0.4, -0.2) is 48.1 Å². The van der Waals surface area contributed by atoms with Crippen LogP contribution in [-0.2, 0) is 14.8 Å². The summed E-state index contributed by atoms with van der Waals surface area (Å²) in [5, 5.41) is 19.7. The smallest absolute Gasteiger partial charge is 0.313 e. The van der Waals surface area contributed by atoms with Gasteiger partial charge in [0, 0.05) is 13.1 Å². The number of carboxylic acid groups (broad SMARTS) is 1. The van der Waals surface area contributed by atoms with Crippen molar-refractivity contribution in [3.05, 3.63) is 29.8 Å². The van der Waals surface area contributed by atoms with Crippen molar-refractivity contribution in [3.63, 3.8) is 0 Å². The summed E-state index contributed by atoms with van der Waals surface area (Å²) in [6, 6.07) is 2.07. The van der Waals surface area contributed by atoms with E-state index in [1.54, 1.807) is 6.92 Å². The summed E-state index contributed by atoms with van der Waals surface area (Å²) in [6.07, 6.45) is -0.811. The Morgan fingerprint density at radius 2 is 2.08 bits per heavy atom. The fraction of sp³-hybridized carbons (Fsp3) is 0.533. The van der Waals surface area contributed by atoms with Gasteiger partial charge in [0.25, 0.3) is 0 Å². The third kappa shape index (κ3) is 3.15. The summed E-state index contributed by atoms with van der Waals surface area (Å²) in [4.78, 5) is 10.9. The topological polar surface area (TPSA) is 94.9 Å². The van der Waals surface area contributed by atoms with Crippen LogP contribution in [0, 0.1) is 17.0 Å². The molecule has 1 aliphatic rings. The summed E-state index contributed by atoms with van der Waals surface area (Å²) in [7, 11) is -4.42. The van der Waals surface area contributed by atoms with E-state index in [0.717, 1.165) is 10.4 Å². The van der Waals surface area contributed by atoms with Gasteiger partial charge in [-0.15, -0.1) is 0 Å². The second-order valence-electron chi connectivity index (χ2n) is 5.93. The molecule has 1 fully saturated rings. The Bertz CT molecular complexity index is 739. The van der Waals surface area contributed by atoms with Gasteiger partial charge in [0.1, 0.15) is 21.9 Å². The van der Waals surface area contributed by atoms with E-state index < -0.39 is 50.6 Å². The number of hydrogen-bond acceptors (Lipinski definition) is 4. The highest BCUT2D eigenvalue weighted by molar-refractivity contribution is 7.89. The van der Waals surface area contributed by atoms with Crippen molar-refractivity contribution in [1.82, 2.24) is 4.31 Å². The van der Waals surface area contributed by atoms with Crippen molar-refractivity contribution in [2.75, 3.05) is 13.1 Å². The molecule has 0 amide bonds. The number of aliphatic hydroxyl groups excluding tert-OH is 1. The number of benzene rings is 1. The molecule has 1 heterocycles. The molecule has 0 radical (unpaired) electrons. The molecule has 0 unspecified atom stereocenters. The standard InChI is InChI=1S/C15H19F2NO5S/c1-2-6-15(14(20)21)9-18(7-5-13(15)19)24(22,23)12-8-10(16)3-4-11(12)17/h3-4,8,13,19H,2,5-7,9H2,1H3,(H,20,21)/t13-,15-/m0/s1. The molecule has 2 N–H and O–H groups in total. The van der Waals surface area contributed by atoms with E-state index >= 15 is 0 Å². The molecule has 9 heteroatoms. The van der Waals surface area contributed by atoms with Crippen LogP contribution >= 0.6 is 0 Å². The maximum atomic E-state index is 13.9. The first-order chi connectivity index (χ1) is 11.1. The van der Waals surface area contributed by atoms with E-state index in [-0.39, 0.29) is 19.4 Å². The van der Waals surface area contributed by atoms with Gasteiger partial charge in [0.15, 0.2) is 0 Å². The molecular formula is C15H19F2NO5S. The highest BCUT2D eigenvalue weighted by atomic mass is 32.2. The van der Waals surface area contributed by atoms with Gasteiger partial charge >= 0.3 is 5.97 Å². The van der Waals surface area contributed by atoms with Gasteiger partial charge in [-0.1, -0.05) is 13.3 Å². The van der Waals surface area contributed by atoms with Crippen LogP contribution in [0.15, 0.2) is 23.1 Å². The SMILES string of the molecule is CCC[C@]1(C(=O)O)CN(S(=O)(=O)c2cc(F)ccc2F)CC[C@@H]1O. The molecule has 134 valence electrons. The molecule has 24 heavy (non-hydrogen) atoms. The van der Waals surface area contributed by atoms with Crippen LogP contribution in [0.4, 0.5) is 8.78 Å². The van der Waals surface area contributed by atoms with Crippen LogP contribution in [0.3, 0.4) is 0 Å². The van der Waals surface area contributed by atoms with E-state index in [1.807, 2.05) is 0 Å². The van der Waals surface area contributed by atoms with Crippen LogP contribution < -0.4 is 0 Å². The van der Waals surface area contributed by atoms with Crippen molar-refractivity contribution >= 4 is 16.0 Å². The molecule has 0 saturated carbocycles. The predicted molar refractivity (Wildman–Crippen MR) is 80.7 cm³/mol. The zero-order valence-electron chi connectivity index (χ0n) is 13.1. The fourth-order valence-corrected chi connectivity index (χ4v) is 4.67. The van der Waals surface area contributed by atoms with Crippen LogP contribution in [0.5, 0.6) is 0 Å². The second kappa shape index (κ2) is 6.73. The molecule has 0 spiro atoms. The number of halogens is 2. The van der Waals surface area contributed by atoms with E-state index in [2.05, 4.69) is 0 Å². The molecule has 1 saturated heterocycles. The monoisotopic (exact) mass is 363 g/mol. The van der Waals surface area contributed by atoms with Crippen molar-refractivity contribution in [1.29, 1.82) is 0 Å². The third-order valence-electron chi connectivity index (χ3n) is 4.38. The van der Waals surface area contributed by atoms with Gasteiger partial charge < -0.3 is 10.2 Å². The lowest BCUT2D eigenvalue weighted by atomic mass is 9.74. The van der Waals surface area contributed by atoms with Crippen molar-refractivity contribution in [2.24, 2.45) is 5.41 Å². The van der Waals surface area contributed by atoms with Gasteiger partial charge in [0.05, 0.1) is 6.10 Å². The highest BCUT2D eigenvalue weighted by Gasteiger charge is 2.51. The number of piperidine rings is 1. The fourth-order valence-electron chi connectivity index (χ4n) is 3.07. The zero-order chi connectivity index (χ0) is 18.1. The Morgan fingerprint density at radius 1 is 1.42 bits per heavy atom. The molecule has 1 aliphatic heterocycles. The molecule has 0 aromatic heterocycles. The van der Waals surface area contributed by atoms with Crippen molar-refractivity contribution in [3.8, 4) is 0 Å². The molecule has 2 atom stereocenters. The van der Waals surface area contributed by atoms with Crippen molar-refractivity contribution in [2.45, 2.75) is 37.2 Å². The van der Waals surface area contributed by atoms with Crippen molar-refractivity contribution < 1.29 is 32.2 Å². The average molecular weight is 363 g/mol. The van der Waals surface area contributed by atoms with Gasteiger partial charge in [-0.3, -0.25) is 4.79 Å². The Hall–Kier alpha value is -1.58. The summed E-state index contributed by atoms with van der Waals surface area (Å²) in [5.41, 5.74) is -1.66. The first kappa shape index (κ1) is 18.8. The van der Waals surface area contributed by atoms with Gasteiger partial charge in [0.2, 0.25) is 10.0 Å². The molecule has 2 rings (SSSR count). The molecule has 1 aromatic rings. The third-order valence-corrected chi connectivity index (χ3v) is 6.24. The quantitative estimate of drug-likeness (QED) is 0.828. The van der Waals surface area contributed by atoms with Crippen LogP contribution in [0.25, 0.3) is 0 Å². The maximum Gasteiger partial charge on any atom is 0.313 e. The van der Waals surface area contributed by atoms with Gasteiger partial charge in [-0.25, -0.2) is 17.2 Å².